The molecule has 2 heterocycles. The molecule has 0 spiro atoms. The average molecular weight is 272 g/mol. The first-order valence-electron chi connectivity index (χ1n) is 6.13. The molecule has 6 heteroatoms. The van der Waals surface area contributed by atoms with Gasteiger partial charge in [-0.3, -0.25) is 4.98 Å². The van der Waals surface area contributed by atoms with Crippen molar-refractivity contribution < 1.29 is 9.53 Å². The molecule has 0 saturated heterocycles. The second-order valence-corrected chi connectivity index (χ2v) is 4.27. The maximum Gasteiger partial charge on any atom is 0.340 e. The Kier molecular flexibility index (Phi) is 4.14. The molecule has 6 nitrogen and oxygen atoms in total. The van der Waals surface area contributed by atoms with E-state index in [1.165, 1.54) is 13.3 Å². The highest BCUT2D eigenvalue weighted by Gasteiger charge is 2.13. The van der Waals surface area contributed by atoms with Crippen molar-refractivity contribution in [2.75, 3.05) is 18.2 Å². The number of rotatable bonds is 4. The standard InChI is InChI=1S/C14H16N4O2/c1-9(12-5-3-4-6-16-12)18-13-7-10(14(19)20-2)11(15)8-17-13/h3-9H,15H2,1-2H3,(H,17,18). The van der Waals surface area contributed by atoms with Crippen molar-refractivity contribution in [3.8, 4) is 0 Å². The Bertz CT molecular complexity index is 601. The maximum atomic E-state index is 11.6. The van der Waals surface area contributed by atoms with Crippen LogP contribution >= 0.6 is 0 Å². The van der Waals surface area contributed by atoms with Gasteiger partial charge in [-0.1, -0.05) is 6.07 Å². The van der Waals surface area contributed by atoms with Crippen LogP contribution in [0.15, 0.2) is 36.7 Å². The van der Waals surface area contributed by atoms with Crippen molar-refractivity contribution in [1.82, 2.24) is 9.97 Å². The van der Waals surface area contributed by atoms with E-state index in [2.05, 4.69) is 20.0 Å². The molecule has 0 aliphatic carbocycles. The Morgan fingerprint density at radius 2 is 2.20 bits per heavy atom. The minimum absolute atomic E-state index is 0.0437. The number of hydrogen-bond acceptors (Lipinski definition) is 6. The van der Waals surface area contributed by atoms with Crippen molar-refractivity contribution in [2.24, 2.45) is 0 Å². The number of nitrogen functional groups attached to an aromatic ring is 1. The van der Waals surface area contributed by atoms with Crippen LogP contribution < -0.4 is 11.1 Å². The molecule has 0 radical (unpaired) electrons. The first-order chi connectivity index (χ1) is 9.61. The highest BCUT2D eigenvalue weighted by atomic mass is 16.5. The third kappa shape index (κ3) is 3.03. The average Bonchev–Trinajstić information content (AvgIpc) is 2.49. The van der Waals surface area contributed by atoms with Gasteiger partial charge in [0.1, 0.15) is 5.82 Å². The first-order valence-corrected chi connectivity index (χ1v) is 6.13. The van der Waals surface area contributed by atoms with Gasteiger partial charge >= 0.3 is 5.97 Å². The number of pyridine rings is 2. The van der Waals surface area contributed by atoms with E-state index in [-0.39, 0.29) is 11.7 Å². The number of nitrogens with two attached hydrogens (primary N) is 1. The summed E-state index contributed by atoms with van der Waals surface area (Å²) in [6, 6.07) is 7.21. The van der Waals surface area contributed by atoms with E-state index in [4.69, 9.17) is 5.73 Å². The fraction of sp³-hybridized carbons (Fsp3) is 0.214. The summed E-state index contributed by atoms with van der Waals surface area (Å²) in [5, 5.41) is 3.17. The molecule has 2 rings (SSSR count). The Morgan fingerprint density at radius 1 is 1.40 bits per heavy atom. The molecule has 0 bridgehead atoms. The number of aromatic nitrogens is 2. The van der Waals surface area contributed by atoms with Crippen molar-refractivity contribution in [1.29, 1.82) is 0 Å². The van der Waals surface area contributed by atoms with Gasteiger partial charge in [0.2, 0.25) is 0 Å². The molecule has 0 saturated carbocycles. The lowest BCUT2D eigenvalue weighted by atomic mass is 10.2. The molecule has 0 aliphatic heterocycles. The lowest BCUT2D eigenvalue weighted by molar-refractivity contribution is 0.0602. The van der Waals surface area contributed by atoms with E-state index >= 15 is 0 Å². The Labute approximate surface area is 117 Å². The van der Waals surface area contributed by atoms with Crippen LogP contribution in [0.5, 0.6) is 0 Å². The summed E-state index contributed by atoms with van der Waals surface area (Å²) in [7, 11) is 1.31. The minimum Gasteiger partial charge on any atom is -0.465 e. The van der Waals surface area contributed by atoms with Gasteiger partial charge in [-0.15, -0.1) is 0 Å². The largest absolute Gasteiger partial charge is 0.465 e. The van der Waals surface area contributed by atoms with Crippen LogP contribution in [0.25, 0.3) is 0 Å². The summed E-state index contributed by atoms with van der Waals surface area (Å²) < 4.78 is 4.67. The molecule has 1 unspecified atom stereocenters. The zero-order valence-corrected chi connectivity index (χ0v) is 11.3. The smallest absolute Gasteiger partial charge is 0.340 e. The molecule has 2 aromatic rings. The number of ether oxygens (including phenoxy) is 1. The zero-order chi connectivity index (χ0) is 14.5. The molecule has 3 N–H and O–H groups in total. The Morgan fingerprint density at radius 3 is 2.85 bits per heavy atom. The molecular weight excluding hydrogens is 256 g/mol. The SMILES string of the molecule is COC(=O)c1cc(NC(C)c2ccccn2)ncc1N. The van der Waals surface area contributed by atoms with Crippen LogP contribution in [0.2, 0.25) is 0 Å². The zero-order valence-electron chi connectivity index (χ0n) is 11.3. The van der Waals surface area contributed by atoms with E-state index in [1.807, 2.05) is 25.1 Å². The number of nitrogens with one attached hydrogen (secondary N) is 1. The van der Waals surface area contributed by atoms with Crippen LogP contribution in [0, 0.1) is 0 Å². The molecule has 20 heavy (non-hydrogen) atoms. The van der Waals surface area contributed by atoms with Gasteiger partial charge in [0.05, 0.1) is 36.3 Å². The lowest BCUT2D eigenvalue weighted by Crippen LogP contribution is -2.12. The quantitative estimate of drug-likeness (QED) is 0.827. The van der Waals surface area contributed by atoms with E-state index < -0.39 is 5.97 Å². The predicted octanol–water partition coefficient (Wildman–Crippen LogP) is 2.02. The van der Waals surface area contributed by atoms with Crippen LogP contribution in [0.3, 0.4) is 0 Å². The highest BCUT2D eigenvalue weighted by molar-refractivity contribution is 5.95. The van der Waals surface area contributed by atoms with E-state index in [0.717, 1.165) is 5.69 Å². The number of anilines is 2. The van der Waals surface area contributed by atoms with Crippen LogP contribution in [0.1, 0.15) is 29.0 Å². The topological polar surface area (TPSA) is 90.1 Å². The predicted molar refractivity (Wildman–Crippen MR) is 76.3 cm³/mol. The number of hydrogen-bond donors (Lipinski definition) is 2. The number of esters is 1. The number of carbonyl (C=O) groups excluding carboxylic acids is 1. The molecule has 1 atom stereocenters. The van der Waals surface area contributed by atoms with Crippen molar-refractivity contribution >= 4 is 17.5 Å². The van der Waals surface area contributed by atoms with Gasteiger partial charge in [-0.2, -0.15) is 0 Å². The fourth-order valence-corrected chi connectivity index (χ4v) is 1.76. The van der Waals surface area contributed by atoms with Crippen molar-refractivity contribution in [3.05, 3.63) is 47.9 Å². The molecule has 0 fully saturated rings. The minimum atomic E-state index is -0.488. The monoisotopic (exact) mass is 272 g/mol. The van der Waals surface area contributed by atoms with Crippen LogP contribution in [-0.2, 0) is 4.74 Å². The molecule has 2 aromatic heterocycles. The summed E-state index contributed by atoms with van der Waals surface area (Å²) in [5.41, 5.74) is 7.16. The Balaban J connectivity index is 2.20. The van der Waals surface area contributed by atoms with Gasteiger partial charge in [0, 0.05) is 6.20 Å². The third-order valence-corrected chi connectivity index (χ3v) is 2.84. The van der Waals surface area contributed by atoms with Crippen molar-refractivity contribution in [3.63, 3.8) is 0 Å². The third-order valence-electron chi connectivity index (χ3n) is 2.84. The van der Waals surface area contributed by atoms with Gasteiger partial charge in [0.25, 0.3) is 0 Å². The molecule has 0 aliphatic rings. The van der Waals surface area contributed by atoms with E-state index in [1.54, 1.807) is 12.3 Å². The molecule has 0 aromatic carbocycles. The van der Waals surface area contributed by atoms with Crippen LogP contribution in [0.4, 0.5) is 11.5 Å². The first kappa shape index (κ1) is 13.8. The summed E-state index contributed by atoms with van der Waals surface area (Å²) in [4.78, 5) is 20.0. The van der Waals surface area contributed by atoms with Crippen molar-refractivity contribution in [2.45, 2.75) is 13.0 Å². The lowest BCUT2D eigenvalue weighted by Gasteiger charge is -2.14. The summed E-state index contributed by atoms with van der Waals surface area (Å²) >= 11 is 0. The molecule has 0 amide bonds. The van der Waals surface area contributed by atoms with Gasteiger partial charge < -0.3 is 15.8 Å². The number of nitrogens with zero attached hydrogens (tertiary/aromatic N) is 2. The Hall–Kier alpha value is -2.63. The summed E-state index contributed by atoms with van der Waals surface area (Å²) in [6.07, 6.45) is 3.16. The fourth-order valence-electron chi connectivity index (χ4n) is 1.76. The van der Waals surface area contributed by atoms with E-state index in [9.17, 15) is 4.79 Å². The summed E-state index contributed by atoms with van der Waals surface area (Å²) in [6.45, 7) is 1.96. The van der Waals surface area contributed by atoms with E-state index in [0.29, 0.717) is 11.4 Å². The van der Waals surface area contributed by atoms with Gasteiger partial charge in [0.15, 0.2) is 0 Å². The van der Waals surface area contributed by atoms with Gasteiger partial charge in [-0.25, -0.2) is 9.78 Å². The maximum absolute atomic E-state index is 11.6. The second kappa shape index (κ2) is 6.01. The highest BCUT2D eigenvalue weighted by Crippen LogP contribution is 2.20. The normalized spacial score (nSPS) is 11.7. The molecule has 104 valence electrons. The van der Waals surface area contributed by atoms with Gasteiger partial charge in [-0.05, 0) is 25.1 Å². The number of carbonyl (C=O) groups is 1. The number of methoxy groups -OCH3 is 1. The summed E-state index contributed by atoms with van der Waals surface area (Å²) in [5.74, 6) is 0.0520. The van der Waals surface area contributed by atoms with Crippen LogP contribution in [-0.4, -0.2) is 23.0 Å². The molecular formula is C14H16N4O2. The second-order valence-electron chi connectivity index (χ2n) is 4.27.